The fraction of sp³-hybridized carbons (Fsp3) is 0.312. The third-order valence-electron chi connectivity index (χ3n) is 3.32. The number of rotatable bonds is 5. The summed E-state index contributed by atoms with van der Waals surface area (Å²) in [4.78, 5) is 12.5. The van der Waals surface area contributed by atoms with Gasteiger partial charge in [-0.2, -0.15) is 0 Å². The van der Waals surface area contributed by atoms with Gasteiger partial charge in [-0.25, -0.2) is 0 Å². The van der Waals surface area contributed by atoms with Gasteiger partial charge in [0.25, 0.3) is 5.56 Å². The van der Waals surface area contributed by atoms with Gasteiger partial charge in [0.15, 0.2) is 0 Å². The normalized spacial score (nSPS) is 12.3. The Hall–Kier alpha value is -1.88. The molecule has 0 aliphatic heterocycles. The Morgan fingerprint density at radius 2 is 1.95 bits per heavy atom. The zero-order valence-electron chi connectivity index (χ0n) is 12.3. The molecule has 2 N–H and O–H groups in total. The summed E-state index contributed by atoms with van der Waals surface area (Å²) >= 11 is 0. The van der Waals surface area contributed by atoms with Crippen molar-refractivity contribution in [3.8, 4) is 0 Å². The summed E-state index contributed by atoms with van der Waals surface area (Å²) in [7, 11) is -1.04. The predicted molar refractivity (Wildman–Crippen MR) is 86.9 cm³/mol. The summed E-state index contributed by atoms with van der Waals surface area (Å²) in [5, 5.41) is 0. The molecule has 1 heterocycles. The highest BCUT2D eigenvalue weighted by atomic mass is 32.2. The summed E-state index contributed by atoms with van der Waals surface area (Å²) in [6.45, 7) is 4.49. The van der Waals surface area contributed by atoms with Crippen LogP contribution in [0.25, 0.3) is 0 Å². The largest absolute Gasteiger partial charge is 0.398 e. The molecule has 0 fully saturated rings. The van der Waals surface area contributed by atoms with Gasteiger partial charge in [-0.15, -0.1) is 0 Å². The van der Waals surface area contributed by atoms with Gasteiger partial charge in [0.05, 0.1) is 10.8 Å². The summed E-state index contributed by atoms with van der Waals surface area (Å²) in [5.41, 5.74) is 8.29. The number of nitrogens with zero attached hydrogens (tertiary/aromatic N) is 1. The lowest BCUT2D eigenvalue weighted by Gasteiger charge is -2.09. The van der Waals surface area contributed by atoms with E-state index in [9.17, 15) is 9.00 Å². The van der Waals surface area contributed by atoms with Crippen LogP contribution in [0.2, 0.25) is 0 Å². The van der Waals surface area contributed by atoms with Crippen LogP contribution in [0.4, 0.5) is 5.69 Å². The number of anilines is 1. The number of nitrogen functional groups attached to an aromatic ring is 1. The minimum atomic E-state index is -1.04. The zero-order chi connectivity index (χ0) is 15.4. The van der Waals surface area contributed by atoms with Crippen LogP contribution in [0.3, 0.4) is 0 Å². The number of benzene rings is 1. The van der Waals surface area contributed by atoms with E-state index >= 15 is 0 Å². The maximum Gasteiger partial charge on any atom is 0.250 e. The van der Waals surface area contributed by atoms with Crippen LogP contribution in [0.15, 0.2) is 46.2 Å². The molecule has 2 rings (SSSR count). The van der Waals surface area contributed by atoms with E-state index in [1.807, 2.05) is 32.0 Å². The zero-order valence-corrected chi connectivity index (χ0v) is 13.2. The van der Waals surface area contributed by atoms with Crippen molar-refractivity contribution in [2.45, 2.75) is 31.7 Å². The first kappa shape index (κ1) is 15.5. The molecule has 1 unspecified atom stereocenters. The summed E-state index contributed by atoms with van der Waals surface area (Å²) in [6, 6.07) is 9.02. The predicted octanol–water partition coefficient (Wildman–Crippen LogP) is 2.25. The van der Waals surface area contributed by atoms with E-state index in [2.05, 4.69) is 0 Å². The van der Waals surface area contributed by atoms with Crippen molar-refractivity contribution >= 4 is 16.5 Å². The van der Waals surface area contributed by atoms with Gasteiger partial charge in [0.1, 0.15) is 0 Å². The number of hydrogen-bond acceptors (Lipinski definition) is 3. The van der Waals surface area contributed by atoms with Crippen LogP contribution in [-0.2, 0) is 17.3 Å². The van der Waals surface area contributed by atoms with Crippen molar-refractivity contribution < 1.29 is 4.21 Å². The first-order valence-corrected chi connectivity index (χ1v) is 8.21. The molecule has 1 aromatic heterocycles. The topological polar surface area (TPSA) is 65.1 Å². The molecule has 1 atom stereocenters. The van der Waals surface area contributed by atoms with Crippen LogP contribution in [0, 0.1) is 13.8 Å². The smallest absolute Gasteiger partial charge is 0.250 e. The Kier molecular flexibility index (Phi) is 4.96. The summed E-state index contributed by atoms with van der Waals surface area (Å²) in [6.07, 6.45) is 2.30. The second-order valence-corrected chi connectivity index (χ2v) is 6.71. The molecule has 5 heteroatoms. The number of hydrogen-bond donors (Lipinski definition) is 1. The number of pyridine rings is 1. The van der Waals surface area contributed by atoms with E-state index in [4.69, 9.17) is 5.73 Å². The van der Waals surface area contributed by atoms with Crippen LogP contribution < -0.4 is 11.3 Å². The molecule has 2 aromatic rings. The van der Waals surface area contributed by atoms with Gasteiger partial charge in [0.2, 0.25) is 0 Å². The molecule has 0 bridgehead atoms. The van der Waals surface area contributed by atoms with E-state index in [1.54, 1.807) is 16.8 Å². The monoisotopic (exact) mass is 304 g/mol. The number of aromatic nitrogens is 1. The second kappa shape index (κ2) is 6.72. The van der Waals surface area contributed by atoms with Crippen molar-refractivity contribution in [2.24, 2.45) is 0 Å². The SMILES string of the molecule is Cc1ccc(C)c(S(=O)CCCn2cc(N)ccc2=O)c1. The van der Waals surface area contributed by atoms with E-state index in [0.29, 0.717) is 24.4 Å². The molecule has 0 aliphatic carbocycles. The van der Waals surface area contributed by atoms with Gasteiger partial charge in [0, 0.05) is 35.1 Å². The molecule has 21 heavy (non-hydrogen) atoms. The first-order valence-electron chi connectivity index (χ1n) is 6.89. The van der Waals surface area contributed by atoms with Crippen LogP contribution in [-0.4, -0.2) is 14.5 Å². The molecule has 0 radical (unpaired) electrons. The number of nitrogens with two attached hydrogens (primary N) is 1. The van der Waals surface area contributed by atoms with Gasteiger partial charge in [-0.1, -0.05) is 12.1 Å². The molecule has 0 saturated carbocycles. The Morgan fingerprint density at radius 1 is 1.19 bits per heavy atom. The Labute approximate surface area is 127 Å². The van der Waals surface area contributed by atoms with Crippen LogP contribution in [0.5, 0.6) is 0 Å². The van der Waals surface area contributed by atoms with Crippen LogP contribution >= 0.6 is 0 Å². The van der Waals surface area contributed by atoms with Gasteiger partial charge in [-0.3, -0.25) is 9.00 Å². The molecular weight excluding hydrogens is 284 g/mol. The van der Waals surface area contributed by atoms with Crippen molar-refractivity contribution in [3.63, 3.8) is 0 Å². The van der Waals surface area contributed by atoms with E-state index in [1.165, 1.54) is 6.07 Å². The maximum absolute atomic E-state index is 12.4. The second-order valence-electron chi connectivity index (χ2n) is 5.17. The summed E-state index contributed by atoms with van der Waals surface area (Å²) in [5.74, 6) is 0.533. The fourth-order valence-electron chi connectivity index (χ4n) is 2.15. The molecule has 0 saturated heterocycles. The van der Waals surface area contributed by atoms with Crippen molar-refractivity contribution in [2.75, 3.05) is 11.5 Å². The van der Waals surface area contributed by atoms with Crippen molar-refractivity contribution in [3.05, 3.63) is 58.0 Å². The van der Waals surface area contributed by atoms with Gasteiger partial charge >= 0.3 is 0 Å². The maximum atomic E-state index is 12.4. The molecule has 0 amide bonds. The van der Waals surface area contributed by atoms with Gasteiger partial charge < -0.3 is 10.3 Å². The molecule has 4 nitrogen and oxygen atoms in total. The standard InChI is InChI=1S/C16H20N2O2S/c1-12-4-5-13(2)15(10-12)21(20)9-3-8-18-11-14(17)6-7-16(18)19/h4-7,10-11H,3,8-9,17H2,1-2H3. The van der Waals surface area contributed by atoms with Gasteiger partial charge in [-0.05, 0) is 43.5 Å². The molecule has 112 valence electrons. The first-order chi connectivity index (χ1) is 9.97. The number of aryl methyl sites for hydroxylation is 3. The average Bonchev–Trinajstić information content (AvgIpc) is 2.45. The van der Waals surface area contributed by atoms with Crippen molar-refractivity contribution in [1.29, 1.82) is 0 Å². The Balaban J connectivity index is 2.00. The molecule has 0 aliphatic rings. The van der Waals surface area contributed by atoms with Crippen molar-refractivity contribution in [1.82, 2.24) is 4.57 Å². The Bertz CT molecular complexity index is 722. The lowest BCUT2D eigenvalue weighted by Crippen LogP contribution is -2.20. The third kappa shape index (κ3) is 4.04. The summed E-state index contributed by atoms with van der Waals surface area (Å²) < 4.78 is 13.9. The highest BCUT2D eigenvalue weighted by Crippen LogP contribution is 2.16. The molecule has 1 aromatic carbocycles. The van der Waals surface area contributed by atoms with E-state index in [-0.39, 0.29) is 5.56 Å². The van der Waals surface area contributed by atoms with E-state index in [0.717, 1.165) is 16.0 Å². The molecular formula is C16H20N2O2S. The third-order valence-corrected chi connectivity index (χ3v) is 4.91. The molecule has 0 spiro atoms. The minimum Gasteiger partial charge on any atom is -0.398 e. The lowest BCUT2D eigenvalue weighted by molar-refractivity contribution is 0.644. The lowest BCUT2D eigenvalue weighted by atomic mass is 10.2. The average molecular weight is 304 g/mol. The highest BCUT2D eigenvalue weighted by molar-refractivity contribution is 7.85. The van der Waals surface area contributed by atoms with Crippen LogP contribution in [0.1, 0.15) is 17.5 Å². The Morgan fingerprint density at radius 3 is 2.71 bits per heavy atom. The highest BCUT2D eigenvalue weighted by Gasteiger charge is 2.08. The minimum absolute atomic E-state index is 0.0817. The quantitative estimate of drug-likeness (QED) is 0.921. The van der Waals surface area contributed by atoms with E-state index < -0.39 is 10.8 Å². The fourth-order valence-corrected chi connectivity index (χ4v) is 3.51.